The Balaban J connectivity index is 2.24. The van der Waals surface area contributed by atoms with E-state index in [4.69, 9.17) is 0 Å². The van der Waals surface area contributed by atoms with Crippen LogP contribution in [0.15, 0.2) is 47.1 Å². The summed E-state index contributed by atoms with van der Waals surface area (Å²) < 4.78 is 0. The zero-order valence-corrected chi connectivity index (χ0v) is 6.80. The fraction of sp³-hybridized carbons (Fsp3) is 0.273. The average Bonchev–Trinajstić information content (AvgIpc) is 2.55. The molecule has 11 heavy (non-hydrogen) atoms. The fourth-order valence-electron chi connectivity index (χ4n) is 1.66. The lowest BCUT2D eigenvalue weighted by atomic mass is 10.0. The van der Waals surface area contributed by atoms with Crippen LogP contribution >= 0.6 is 0 Å². The molecular weight excluding hydrogens is 132 g/mol. The minimum Gasteiger partial charge on any atom is -0.0801 e. The molecule has 0 fully saturated rings. The summed E-state index contributed by atoms with van der Waals surface area (Å²) in [7, 11) is 0. The Morgan fingerprint density at radius 3 is 2.73 bits per heavy atom. The van der Waals surface area contributed by atoms with Crippen LogP contribution in [0.4, 0.5) is 0 Å². The first-order valence-corrected chi connectivity index (χ1v) is 4.11. The van der Waals surface area contributed by atoms with Gasteiger partial charge in [0.25, 0.3) is 0 Å². The predicted octanol–water partition coefficient (Wildman–Crippen LogP) is 3.15. The first-order valence-electron chi connectivity index (χ1n) is 4.11. The van der Waals surface area contributed by atoms with Gasteiger partial charge in [0.1, 0.15) is 0 Å². The van der Waals surface area contributed by atoms with E-state index in [0.29, 0.717) is 0 Å². The molecule has 0 aliphatic heterocycles. The third kappa shape index (κ3) is 1.09. The summed E-state index contributed by atoms with van der Waals surface area (Å²) in [6.07, 6.45) is 13.4. The maximum absolute atomic E-state index is 2.31. The molecule has 0 aromatic heterocycles. The normalized spacial score (nSPS) is 21.7. The van der Waals surface area contributed by atoms with Crippen molar-refractivity contribution in [3.8, 4) is 0 Å². The van der Waals surface area contributed by atoms with E-state index in [2.05, 4.69) is 37.3 Å². The molecule has 0 amide bonds. The lowest BCUT2D eigenvalue weighted by Crippen LogP contribution is -1.84. The van der Waals surface area contributed by atoms with Crippen LogP contribution in [-0.2, 0) is 0 Å². The van der Waals surface area contributed by atoms with Crippen LogP contribution in [0.2, 0.25) is 0 Å². The number of allylic oxidation sites excluding steroid dienone is 8. The van der Waals surface area contributed by atoms with Crippen LogP contribution in [0.25, 0.3) is 0 Å². The Labute approximate surface area is 67.6 Å². The highest BCUT2D eigenvalue weighted by atomic mass is 14.2. The van der Waals surface area contributed by atoms with E-state index in [9.17, 15) is 0 Å². The van der Waals surface area contributed by atoms with Crippen LogP contribution < -0.4 is 0 Å². The van der Waals surface area contributed by atoms with Gasteiger partial charge in [-0.3, -0.25) is 0 Å². The molecular formula is C11H12. The van der Waals surface area contributed by atoms with Crippen molar-refractivity contribution in [3.05, 3.63) is 47.1 Å². The summed E-state index contributed by atoms with van der Waals surface area (Å²) in [6.45, 7) is 2.19. The van der Waals surface area contributed by atoms with Gasteiger partial charge in [-0.05, 0) is 36.5 Å². The molecule has 0 heterocycles. The van der Waals surface area contributed by atoms with Gasteiger partial charge in [0.15, 0.2) is 0 Å². The molecule has 0 aromatic rings. The van der Waals surface area contributed by atoms with Crippen molar-refractivity contribution >= 4 is 0 Å². The Morgan fingerprint density at radius 1 is 1.27 bits per heavy atom. The quantitative estimate of drug-likeness (QED) is 0.530. The summed E-state index contributed by atoms with van der Waals surface area (Å²) in [5, 5.41) is 0. The smallest absolute Gasteiger partial charge is 0.00884 e. The Hall–Kier alpha value is -1.04. The summed E-state index contributed by atoms with van der Waals surface area (Å²) >= 11 is 0. The average molecular weight is 144 g/mol. The van der Waals surface area contributed by atoms with Gasteiger partial charge in [-0.15, -0.1) is 0 Å². The van der Waals surface area contributed by atoms with Crippen molar-refractivity contribution in [1.29, 1.82) is 0 Å². The van der Waals surface area contributed by atoms with Crippen LogP contribution in [0.3, 0.4) is 0 Å². The summed E-state index contributed by atoms with van der Waals surface area (Å²) in [5.74, 6) is 0. The molecule has 56 valence electrons. The molecule has 0 saturated heterocycles. The molecule has 0 unspecified atom stereocenters. The van der Waals surface area contributed by atoms with Crippen molar-refractivity contribution < 1.29 is 0 Å². The largest absolute Gasteiger partial charge is 0.0801 e. The SMILES string of the molecule is CC1=CCC=C1C1=CC=CC1. The van der Waals surface area contributed by atoms with Gasteiger partial charge in [0, 0.05) is 0 Å². The van der Waals surface area contributed by atoms with Gasteiger partial charge in [0.2, 0.25) is 0 Å². The van der Waals surface area contributed by atoms with E-state index in [0.717, 1.165) is 12.8 Å². The zero-order chi connectivity index (χ0) is 7.68. The molecule has 0 atom stereocenters. The molecule has 0 radical (unpaired) electrons. The topological polar surface area (TPSA) is 0 Å². The van der Waals surface area contributed by atoms with Crippen molar-refractivity contribution in [2.45, 2.75) is 19.8 Å². The Morgan fingerprint density at radius 2 is 2.18 bits per heavy atom. The predicted molar refractivity (Wildman–Crippen MR) is 48.3 cm³/mol. The van der Waals surface area contributed by atoms with Gasteiger partial charge in [-0.2, -0.15) is 0 Å². The minimum atomic E-state index is 1.12. The fourth-order valence-corrected chi connectivity index (χ4v) is 1.66. The zero-order valence-electron chi connectivity index (χ0n) is 6.80. The third-order valence-electron chi connectivity index (χ3n) is 2.29. The summed E-state index contributed by atoms with van der Waals surface area (Å²) in [4.78, 5) is 0. The second kappa shape index (κ2) is 2.54. The maximum Gasteiger partial charge on any atom is -0.00884 e. The molecule has 0 heteroatoms. The molecule has 0 bridgehead atoms. The maximum atomic E-state index is 2.31. The minimum absolute atomic E-state index is 1.12. The highest BCUT2D eigenvalue weighted by molar-refractivity contribution is 5.52. The highest BCUT2D eigenvalue weighted by Crippen LogP contribution is 2.29. The molecule has 0 spiro atoms. The lowest BCUT2D eigenvalue weighted by Gasteiger charge is -2.03. The molecule has 0 saturated carbocycles. The van der Waals surface area contributed by atoms with Crippen LogP contribution in [0.5, 0.6) is 0 Å². The first-order chi connectivity index (χ1) is 5.38. The first kappa shape index (κ1) is 6.66. The number of hydrogen-bond acceptors (Lipinski definition) is 0. The Kier molecular flexibility index (Phi) is 1.54. The van der Waals surface area contributed by atoms with Gasteiger partial charge in [-0.1, -0.05) is 30.4 Å². The van der Waals surface area contributed by atoms with Gasteiger partial charge >= 0.3 is 0 Å². The van der Waals surface area contributed by atoms with Gasteiger partial charge in [-0.25, -0.2) is 0 Å². The second-order valence-corrected chi connectivity index (χ2v) is 3.06. The third-order valence-corrected chi connectivity index (χ3v) is 2.29. The van der Waals surface area contributed by atoms with Gasteiger partial charge < -0.3 is 0 Å². The van der Waals surface area contributed by atoms with E-state index in [1.165, 1.54) is 16.7 Å². The van der Waals surface area contributed by atoms with Crippen LogP contribution in [-0.4, -0.2) is 0 Å². The van der Waals surface area contributed by atoms with E-state index in [-0.39, 0.29) is 0 Å². The number of hydrogen-bond donors (Lipinski definition) is 0. The summed E-state index contributed by atoms with van der Waals surface area (Å²) in [6, 6.07) is 0. The molecule has 0 aromatic carbocycles. The van der Waals surface area contributed by atoms with E-state index in [1.54, 1.807) is 0 Å². The van der Waals surface area contributed by atoms with E-state index in [1.807, 2.05) is 0 Å². The monoisotopic (exact) mass is 144 g/mol. The molecule has 0 nitrogen and oxygen atoms in total. The van der Waals surface area contributed by atoms with Crippen molar-refractivity contribution in [3.63, 3.8) is 0 Å². The van der Waals surface area contributed by atoms with E-state index < -0.39 is 0 Å². The van der Waals surface area contributed by atoms with Crippen LogP contribution in [0, 0.1) is 0 Å². The van der Waals surface area contributed by atoms with Crippen molar-refractivity contribution in [2.24, 2.45) is 0 Å². The molecule has 2 aliphatic carbocycles. The van der Waals surface area contributed by atoms with E-state index >= 15 is 0 Å². The summed E-state index contributed by atoms with van der Waals surface area (Å²) in [5.41, 5.74) is 4.39. The standard InChI is InChI=1S/C11H12/c1-9-5-4-8-11(9)10-6-2-3-7-10/h2-3,5-6,8H,4,7H2,1H3. The van der Waals surface area contributed by atoms with Gasteiger partial charge in [0.05, 0.1) is 0 Å². The van der Waals surface area contributed by atoms with Crippen molar-refractivity contribution in [2.75, 3.05) is 0 Å². The molecule has 2 aliphatic rings. The Bertz CT molecular complexity index is 285. The van der Waals surface area contributed by atoms with Crippen molar-refractivity contribution in [1.82, 2.24) is 0 Å². The molecule has 0 N–H and O–H groups in total. The lowest BCUT2D eigenvalue weighted by molar-refractivity contribution is 1.25. The second-order valence-electron chi connectivity index (χ2n) is 3.06. The highest BCUT2D eigenvalue weighted by Gasteiger charge is 2.10. The number of rotatable bonds is 1. The molecule has 2 rings (SSSR count). The van der Waals surface area contributed by atoms with Crippen LogP contribution in [0.1, 0.15) is 19.8 Å².